The van der Waals surface area contributed by atoms with E-state index >= 15 is 0 Å². The van der Waals surface area contributed by atoms with Crippen LogP contribution >= 0.6 is 23.1 Å². The quantitative estimate of drug-likeness (QED) is 0.721. The number of nitrogens with one attached hydrogen (secondary N) is 1. The number of amides is 1. The Kier molecular flexibility index (Phi) is 4.68. The van der Waals surface area contributed by atoms with Crippen molar-refractivity contribution in [2.75, 3.05) is 5.32 Å². The molecule has 0 saturated heterocycles. The molecule has 2 heterocycles. The second-order valence-corrected chi connectivity index (χ2v) is 5.99. The predicted octanol–water partition coefficient (Wildman–Crippen LogP) is 3.34. The number of benzene rings is 1. The van der Waals surface area contributed by atoms with E-state index in [9.17, 15) is 14.0 Å². The van der Waals surface area contributed by atoms with Gasteiger partial charge in [-0.3, -0.25) is 4.79 Å². The van der Waals surface area contributed by atoms with Gasteiger partial charge in [0, 0.05) is 6.20 Å². The summed E-state index contributed by atoms with van der Waals surface area (Å²) in [6.45, 7) is 0. The summed E-state index contributed by atoms with van der Waals surface area (Å²) in [5.41, 5.74) is -0.0538. The number of aromatic nitrogens is 3. The lowest BCUT2D eigenvalue weighted by molar-refractivity contribution is 0.0697. The minimum absolute atomic E-state index is 0.0370. The lowest BCUT2D eigenvalue weighted by Gasteiger charge is -2.09. The fourth-order valence-corrected chi connectivity index (χ4v) is 2.67. The predicted molar refractivity (Wildman–Crippen MR) is 89.5 cm³/mol. The Morgan fingerprint density at radius 2 is 2.00 bits per heavy atom. The second-order valence-electron chi connectivity index (χ2n) is 4.75. The molecule has 0 aliphatic heterocycles. The van der Waals surface area contributed by atoms with Gasteiger partial charge in [0.05, 0.1) is 21.2 Å². The van der Waals surface area contributed by atoms with E-state index in [0.717, 1.165) is 17.0 Å². The van der Waals surface area contributed by atoms with Crippen LogP contribution in [0.2, 0.25) is 5.02 Å². The van der Waals surface area contributed by atoms with Gasteiger partial charge in [-0.15, -0.1) is 10.2 Å². The highest BCUT2D eigenvalue weighted by Crippen LogP contribution is 2.25. The van der Waals surface area contributed by atoms with Crippen molar-refractivity contribution in [2.45, 2.75) is 0 Å². The average molecular weight is 379 g/mol. The van der Waals surface area contributed by atoms with Crippen LogP contribution in [0.15, 0.2) is 36.5 Å². The second kappa shape index (κ2) is 6.91. The summed E-state index contributed by atoms with van der Waals surface area (Å²) in [5, 5.41) is 18.9. The van der Waals surface area contributed by atoms with Crippen molar-refractivity contribution in [3.63, 3.8) is 0 Å². The van der Waals surface area contributed by atoms with E-state index in [4.69, 9.17) is 16.7 Å². The van der Waals surface area contributed by atoms with Gasteiger partial charge < -0.3 is 10.4 Å². The molecule has 0 aliphatic carbocycles. The Balaban J connectivity index is 1.85. The molecule has 2 N–H and O–H groups in total. The molecule has 3 rings (SSSR count). The van der Waals surface area contributed by atoms with Crippen LogP contribution in [0.1, 0.15) is 20.8 Å². The van der Waals surface area contributed by atoms with E-state index < -0.39 is 23.3 Å². The highest BCUT2D eigenvalue weighted by atomic mass is 35.5. The van der Waals surface area contributed by atoms with Crippen LogP contribution in [0.3, 0.4) is 0 Å². The fraction of sp³-hybridized carbons (Fsp3) is 0. The molecule has 0 spiro atoms. The van der Waals surface area contributed by atoms with E-state index in [1.54, 1.807) is 18.3 Å². The number of hydrogen-bond acceptors (Lipinski definition) is 6. The van der Waals surface area contributed by atoms with Gasteiger partial charge in [-0.2, -0.15) is 0 Å². The van der Waals surface area contributed by atoms with Crippen molar-refractivity contribution in [1.29, 1.82) is 0 Å². The topological polar surface area (TPSA) is 105 Å². The van der Waals surface area contributed by atoms with Gasteiger partial charge in [-0.1, -0.05) is 11.6 Å². The summed E-state index contributed by atoms with van der Waals surface area (Å²) in [5.74, 6) is -3.00. The number of carboxylic acids is 1. The first-order chi connectivity index (χ1) is 12.0. The first-order valence-electron chi connectivity index (χ1n) is 6.74. The normalized spacial score (nSPS) is 10.5. The van der Waals surface area contributed by atoms with E-state index in [1.807, 2.05) is 0 Å². The molecule has 1 aromatic carbocycles. The van der Waals surface area contributed by atoms with Crippen LogP contribution in [0.5, 0.6) is 0 Å². The third-order valence-corrected chi connectivity index (χ3v) is 4.19. The van der Waals surface area contributed by atoms with E-state index in [1.165, 1.54) is 17.6 Å². The van der Waals surface area contributed by atoms with Crippen LogP contribution in [-0.4, -0.2) is 31.6 Å². The molecule has 0 bridgehead atoms. The van der Waals surface area contributed by atoms with Gasteiger partial charge in [0.1, 0.15) is 11.5 Å². The smallest absolute Gasteiger partial charge is 0.337 e. The zero-order chi connectivity index (χ0) is 18.0. The van der Waals surface area contributed by atoms with E-state index in [-0.39, 0.29) is 16.4 Å². The van der Waals surface area contributed by atoms with Crippen LogP contribution in [-0.2, 0) is 0 Å². The van der Waals surface area contributed by atoms with Gasteiger partial charge in [0.25, 0.3) is 5.91 Å². The van der Waals surface area contributed by atoms with Crippen molar-refractivity contribution >= 4 is 40.7 Å². The lowest BCUT2D eigenvalue weighted by atomic mass is 10.1. The number of carboxylic acid groups (broad SMARTS) is 1. The zero-order valence-corrected chi connectivity index (χ0v) is 13.8. The number of rotatable bonds is 4. The van der Waals surface area contributed by atoms with Gasteiger partial charge in [0.15, 0.2) is 5.69 Å². The molecule has 126 valence electrons. The summed E-state index contributed by atoms with van der Waals surface area (Å²) in [6.07, 6.45) is 1.62. The Morgan fingerprint density at radius 1 is 1.20 bits per heavy atom. The van der Waals surface area contributed by atoms with Crippen molar-refractivity contribution < 1.29 is 19.1 Å². The van der Waals surface area contributed by atoms with Gasteiger partial charge >= 0.3 is 5.97 Å². The van der Waals surface area contributed by atoms with Crippen molar-refractivity contribution in [2.24, 2.45) is 0 Å². The number of carbonyl (C=O) groups is 2. The summed E-state index contributed by atoms with van der Waals surface area (Å²) in [7, 11) is 0. The fourth-order valence-electron chi connectivity index (χ4n) is 1.95. The van der Waals surface area contributed by atoms with Crippen molar-refractivity contribution in [1.82, 2.24) is 14.6 Å². The van der Waals surface area contributed by atoms with Crippen LogP contribution in [0.25, 0.3) is 10.6 Å². The average Bonchev–Trinajstić information content (AvgIpc) is 3.12. The van der Waals surface area contributed by atoms with Crippen LogP contribution in [0.4, 0.5) is 10.1 Å². The van der Waals surface area contributed by atoms with Gasteiger partial charge in [0.2, 0.25) is 0 Å². The molecule has 0 atom stereocenters. The molecule has 25 heavy (non-hydrogen) atoms. The van der Waals surface area contributed by atoms with E-state index in [2.05, 4.69) is 19.9 Å². The first-order valence-corrected chi connectivity index (χ1v) is 7.89. The molecule has 0 aliphatic rings. The molecule has 7 nitrogen and oxygen atoms in total. The molecule has 10 heteroatoms. The van der Waals surface area contributed by atoms with Crippen molar-refractivity contribution in [3.05, 3.63) is 58.6 Å². The zero-order valence-electron chi connectivity index (χ0n) is 12.2. The number of anilines is 1. The molecule has 0 fully saturated rings. The third kappa shape index (κ3) is 3.62. The Labute approximate surface area is 149 Å². The van der Waals surface area contributed by atoms with Crippen LogP contribution in [0, 0.1) is 5.82 Å². The molecule has 3 aromatic rings. The Hall–Kier alpha value is -2.91. The highest BCUT2D eigenvalue weighted by molar-refractivity contribution is 7.09. The molecule has 2 aromatic heterocycles. The maximum absolute atomic E-state index is 13.4. The maximum atomic E-state index is 13.4. The molecule has 0 saturated carbocycles. The van der Waals surface area contributed by atoms with Crippen LogP contribution < -0.4 is 5.32 Å². The maximum Gasteiger partial charge on any atom is 0.337 e. The third-order valence-electron chi connectivity index (χ3n) is 3.13. The van der Waals surface area contributed by atoms with Gasteiger partial charge in [-0.25, -0.2) is 13.6 Å². The minimum atomic E-state index is -1.41. The molecular formula is C15H8ClFN4O3S. The van der Waals surface area contributed by atoms with Gasteiger partial charge in [-0.05, 0) is 41.9 Å². The number of nitrogens with zero attached hydrogens (tertiary/aromatic N) is 3. The Bertz CT molecular complexity index is 948. The largest absolute Gasteiger partial charge is 0.478 e. The molecule has 0 unspecified atom stereocenters. The number of aromatic carboxylic acids is 1. The monoisotopic (exact) mass is 378 g/mol. The minimum Gasteiger partial charge on any atom is -0.478 e. The summed E-state index contributed by atoms with van der Waals surface area (Å²) in [6, 6.07) is 6.54. The molecular weight excluding hydrogens is 371 g/mol. The molecule has 0 radical (unpaired) electrons. The van der Waals surface area contributed by atoms with Crippen molar-refractivity contribution in [3.8, 4) is 10.6 Å². The molecule has 1 amide bonds. The number of hydrogen-bond donors (Lipinski definition) is 2. The SMILES string of the molecule is O=C(Nc1cc(Cl)c(F)cc1C(=O)O)c1ccc(-c2ccns2)nn1. The number of carbonyl (C=O) groups excluding carboxylic acids is 1. The summed E-state index contributed by atoms with van der Waals surface area (Å²) in [4.78, 5) is 24.2. The Morgan fingerprint density at radius 3 is 2.60 bits per heavy atom. The summed E-state index contributed by atoms with van der Waals surface area (Å²) >= 11 is 6.88. The number of halogens is 2. The first kappa shape index (κ1) is 16.9. The standard InChI is InChI=1S/C15H8ClFN4O3S/c16-8-6-12(7(15(23)24)5-9(8)17)19-14(22)11-2-1-10(20-21-11)13-3-4-18-25-13/h1-6H,(H,19,22)(H,23,24). The van der Waals surface area contributed by atoms with E-state index in [0.29, 0.717) is 5.69 Å². The summed E-state index contributed by atoms with van der Waals surface area (Å²) < 4.78 is 17.4. The lowest BCUT2D eigenvalue weighted by Crippen LogP contribution is -2.17. The highest BCUT2D eigenvalue weighted by Gasteiger charge is 2.18.